The second kappa shape index (κ2) is 7.73. The van der Waals surface area contributed by atoms with E-state index in [1.54, 1.807) is 40.5 Å². The van der Waals surface area contributed by atoms with E-state index in [1.165, 1.54) is 0 Å². The highest BCUT2D eigenvalue weighted by molar-refractivity contribution is 5.97. The van der Waals surface area contributed by atoms with Crippen molar-refractivity contribution in [2.75, 3.05) is 45.8 Å². The number of carbonyl (C=O) groups is 1. The number of benzene rings is 1. The molecule has 3 heterocycles. The fraction of sp³-hybridized carbons (Fsp3) is 0.450. The van der Waals surface area contributed by atoms with Gasteiger partial charge in [0.1, 0.15) is 5.52 Å². The Labute approximate surface area is 163 Å². The number of hydrogen-bond acceptors (Lipinski definition) is 5. The molecule has 1 aliphatic rings. The molecule has 1 amide bonds. The molecule has 1 saturated heterocycles. The van der Waals surface area contributed by atoms with Crippen LogP contribution in [0.5, 0.6) is 0 Å². The Hall–Kier alpha value is -2.71. The minimum atomic E-state index is -0.131. The third kappa shape index (κ3) is 3.41. The van der Waals surface area contributed by atoms with Crippen molar-refractivity contribution in [2.24, 2.45) is 7.05 Å². The maximum absolute atomic E-state index is 12.6. The molecule has 3 aromatic rings. The molecule has 28 heavy (non-hydrogen) atoms. The predicted octanol–water partition coefficient (Wildman–Crippen LogP) is 0.553. The second-order valence-electron chi connectivity index (χ2n) is 7.23. The van der Waals surface area contributed by atoms with Crippen molar-refractivity contribution in [3.8, 4) is 0 Å². The first-order chi connectivity index (χ1) is 13.6. The summed E-state index contributed by atoms with van der Waals surface area (Å²) in [6.45, 7) is 9.01. The number of hydrogen-bond donors (Lipinski definition) is 1. The molecular weight excluding hydrogens is 356 g/mol. The Kier molecular flexibility index (Phi) is 5.15. The van der Waals surface area contributed by atoms with Crippen LogP contribution in [0.25, 0.3) is 16.6 Å². The largest absolute Gasteiger partial charge is 0.351 e. The first-order valence-corrected chi connectivity index (χ1v) is 9.78. The zero-order valence-corrected chi connectivity index (χ0v) is 16.4. The van der Waals surface area contributed by atoms with Gasteiger partial charge in [0.05, 0.1) is 17.2 Å². The summed E-state index contributed by atoms with van der Waals surface area (Å²) in [5.74, 6) is -0.123. The molecule has 0 aliphatic carbocycles. The molecule has 148 valence electrons. The Morgan fingerprint density at radius 2 is 1.82 bits per heavy atom. The lowest BCUT2D eigenvalue weighted by Gasteiger charge is -2.33. The summed E-state index contributed by atoms with van der Waals surface area (Å²) < 4.78 is 3.19. The van der Waals surface area contributed by atoms with E-state index in [2.05, 4.69) is 27.1 Å². The highest BCUT2D eigenvalue weighted by atomic mass is 16.1. The normalized spacial score (nSPS) is 16.1. The minimum Gasteiger partial charge on any atom is -0.351 e. The number of carbonyl (C=O) groups excluding carboxylic acids is 1. The molecule has 0 atom stereocenters. The van der Waals surface area contributed by atoms with Crippen LogP contribution in [0.2, 0.25) is 0 Å². The third-order valence-electron chi connectivity index (χ3n) is 5.62. The topological polar surface area (TPSA) is 74.9 Å². The quantitative estimate of drug-likeness (QED) is 0.698. The van der Waals surface area contributed by atoms with Crippen LogP contribution in [-0.2, 0) is 7.05 Å². The summed E-state index contributed by atoms with van der Waals surface area (Å²) >= 11 is 0. The van der Waals surface area contributed by atoms with E-state index in [-0.39, 0.29) is 11.5 Å². The van der Waals surface area contributed by atoms with Crippen LogP contribution in [-0.4, -0.2) is 75.7 Å². The van der Waals surface area contributed by atoms with Crippen molar-refractivity contribution in [2.45, 2.75) is 6.92 Å². The minimum absolute atomic E-state index is 0.123. The van der Waals surface area contributed by atoms with Gasteiger partial charge in [0.15, 0.2) is 0 Å². The van der Waals surface area contributed by atoms with Crippen LogP contribution >= 0.6 is 0 Å². The first kappa shape index (κ1) is 18.6. The van der Waals surface area contributed by atoms with Gasteiger partial charge in [-0.25, -0.2) is 4.52 Å². The third-order valence-corrected chi connectivity index (χ3v) is 5.62. The van der Waals surface area contributed by atoms with Gasteiger partial charge in [-0.15, -0.1) is 0 Å². The summed E-state index contributed by atoms with van der Waals surface area (Å²) in [6, 6.07) is 7.08. The number of rotatable bonds is 5. The number of fused-ring (bicyclic) bond motifs is 3. The predicted molar refractivity (Wildman–Crippen MR) is 109 cm³/mol. The van der Waals surface area contributed by atoms with E-state index in [0.29, 0.717) is 23.1 Å². The summed E-state index contributed by atoms with van der Waals surface area (Å²) in [4.78, 5) is 29.9. The molecule has 0 saturated carbocycles. The summed E-state index contributed by atoms with van der Waals surface area (Å²) in [5.41, 5.74) is 2.42. The average molecular weight is 382 g/mol. The van der Waals surface area contributed by atoms with Gasteiger partial charge in [-0.3, -0.25) is 14.5 Å². The molecule has 1 aliphatic heterocycles. The van der Waals surface area contributed by atoms with Crippen LogP contribution < -0.4 is 10.9 Å². The van der Waals surface area contributed by atoms with Gasteiger partial charge in [0, 0.05) is 51.9 Å². The number of nitrogens with one attached hydrogen (secondary N) is 1. The van der Waals surface area contributed by atoms with Gasteiger partial charge in [0.2, 0.25) is 0 Å². The highest BCUT2D eigenvalue weighted by Crippen LogP contribution is 2.15. The zero-order valence-electron chi connectivity index (χ0n) is 16.4. The number of amides is 1. The lowest BCUT2D eigenvalue weighted by molar-refractivity contribution is 0.0938. The van der Waals surface area contributed by atoms with E-state index in [9.17, 15) is 9.59 Å². The number of nitrogens with zero attached hydrogens (tertiary/aromatic N) is 5. The Bertz CT molecular complexity index is 1060. The highest BCUT2D eigenvalue weighted by Gasteiger charge is 2.16. The molecule has 8 heteroatoms. The van der Waals surface area contributed by atoms with Gasteiger partial charge in [-0.1, -0.05) is 6.92 Å². The SMILES string of the molecule is CCN1CCN(CCNC(=O)c2ccc3c(c2)n(C)c(=O)c2ccnn23)CC1. The smallest absolute Gasteiger partial charge is 0.276 e. The standard InChI is InChI=1S/C20H26N6O2/c1-3-24-10-12-25(13-11-24)9-8-21-19(27)15-4-5-16-18(14-15)23(2)20(28)17-6-7-22-26(16)17/h4-7,14H,3,8-13H2,1-2H3,(H,21,27). The lowest BCUT2D eigenvalue weighted by atomic mass is 10.1. The van der Waals surface area contributed by atoms with E-state index in [0.717, 1.165) is 44.8 Å². The van der Waals surface area contributed by atoms with Gasteiger partial charge in [-0.2, -0.15) is 5.10 Å². The van der Waals surface area contributed by atoms with E-state index in [4.69, 9.17) is 0 Å². The molecule has 0 radical (unpaired) electrons. The number of aryl methyl sites for hydroxylation is 1. The maximum Gasteiger partial charge on any atom is 0.276 e. The van der Waals surface area contributed by atoms with Crippen molar-refractivity contribution in [1.82, 2.24) is 29.3 Å². The van der Waals surface area contributed by atoms with Crippen molar-refractivity contribution >= 4 is 22.5 Å². The molecule has 2 aromatic heterocycles. The van der Waals surface area contributed by atoms with E-state index >= 15 is 0 Å². The molecule has 8 nitrogen and oxygen atoms in total. The molecular formula is C20H26N6O2. The first-order valence-electron chi connectivity index (χ1n) is 9.78. The molecule has 4 rings (SSSR count). The molecule has 1 fully saturated rings. The van der Waals surface area contributed by atoms with Gasteiger partial charge in [-0.05, 0) is 30.8 Å². The van der Waals surface area contributed by atoms with Crippen LogP contribution in [0.1, 0.15) is 17.3 Å². The molecule has 0 spiro atoms. The maximum atomic E-state index is 12.6. The van der Waals surface area contributed by atoms with Gasteiger partial charge in [0.25, 0.3) is 11.5 Å². The fourth-order valence-corrected chi connectivity index (χ4v) is 3.81. The number of aromatic nitrogens is 3. The number of piperazine rings is 1. The van der Waals surface area contributed by atoms with Crippen LogP contribution in [0, 0.1) is 0 Å². The molecule has 0 bridgehead atoms. The molecule has 1 aromatic carbocycles. The van der Waals surface area contributed by atoms with Crippen LogP contribution in [0.3, 0.4) is 0 Å². The average Bonchev–Trinajstić information content (AvgIpc) is 3.22. The summed E-state index contributed by atoms with van der Waals surface area (Å²) in [7, 11) is 1.72. The second-order valence-corrected chi connectivity index (χ2v) is 7.23. The summed E-state index contributed by atoms with van der Waals surface area (Å²) in [5, 5.41) is 7.23. The molecule has 1 N–H and O–H groups in total. The van der Waals surface area contributed by atoms with E-state index < -0.39 is 0 Å². The Morgan fingerprint density at radius 1 is 1.07 bits per heavy atom. The van der Waals surface area contributed by atoms with Crippen LogP contribution in [0.4, 0.5) is 0 Å². The number of likely N-dealkylation sites (N-methyl/N-ethyl adjacent to an activating group) is 1. The van der Waals surface area contributed by atoms with Gasteiger partial charge >= 0.3 is 0 Å². The van der Waals surface area contributed by atoms with E-state index in [1.807, 2.05) is 6.07 Å². The van der Waals surface area contributed by atoms with Crippen molar-refractivity contribution in [3.05, 3.63) is 46.4 Å². The van der Waals surface area contributed by atoms with Crippen LogP contribution in [0.15, 0.2) is 35.3 Å². The van der Waals surface area contributed by atoms with Crippen molar-refractivity contribution < 1.29 is 4.79 Å². The van der Waals surface area contributed by atoms with Crippen molar-refractivity contribution in [1.29, 1.82) is 0 Å². The Balaban J connectivity index is 1.45. The monoisotopic (exact) mass is 382 g/mol. The Morgan fingerprint density at radius 3 is 2.57 bits per heavy atom. The zero-order chi connectivity index (χ0) is 19.7. The molecule has 0 unspecified atom stereocenters. The van der Waals surface area contributed by atoms with Crippen molar-refractivity contribution in [3.63, 3.8) is 0 Å². The lowest BCUT2D eigenvalue weighted by Crippen LogP contribution is -2.48. The fourth-order valence-electron chi connectivity index (χ4n) is 3.81. The summed E-state index contributed by atoms with van der Waals surface area (Å²) in [6.07, 6.45) is 1.61. The van der Waals surface area contributed by atoms with Gasteiger partial charge < -0.3 is 14.8 Å².